The average Bonchev–Trinajstić information content (AvgIpc) is 2.25. The van der Waals surface area contributed by atoms with E-state index in [1.807, 2.05) is 0 Å². The number of hydrogen-bond acceptors (Lipinski definition) is 5. The van der Waals surface area contributed by atoms with Crippen LogP contribution in [0.5, 0.6) is 5.88 Å². The van der Waals surface area contributed by atoms with Crippen LogP contribution in [0.4, 0.5) is 0 Å². The van der Waals surface area contributed by atoms with Crippen LogP contribution in [0.3, 0.4) is 0 Å². The molecule has 0 amide bonds. The fourth-order valence-corrected chi connectivity index (χ4v) is 1.17. The van der Waals surface area contributed by atoms with Crippen molar-refractivity contribution < 1.29 is 19.1 Å². The minimum Gasteiger partial charge on any atom is -0.480 e. The van der Waals surface area contributed by atoms with Gasteiger partial charge in [0.2, 0.25) is 5.88 Å². The molecule has 0 aliphatic heterocycles. The minimum absolute atomic E-state index is 0.143. The molecular weight excluding hydrogens is 222 g/mol. The average molecular weight is 237 g/mol. The van der Waals surface area contributed by atoms with Gasteiger partial charge in [-0.1, -0.05) is 0 Å². The van der Waals surface area contributed by atoms with Crippen LogP contribution in [0.1, 0.15) is 41.5 Å². The van der Waals surface area contributed by atoms with E-state index >= 15 is 0 Å². The lowest BCUT2D eigenvalue weighted by Gasteiger charge is -2.20. The molecule has 0 spiro atoms. The Balaban J connectivity index is 3.10. The molecule has 0 fully saturated rings. The number of aromatic nitrogens is 1. The number of methoxy groups -OCH3 is 1. The van der Waals surface area contributed by atoms with Gasteiger partial charge in [0.25, 0.3) is 0 Å². The zero-order valence-electron chi connectivity index (χ0n) is 10.3. The third-order valence-electron chi connectivity index (χ3n) is 1.82. The van der Waals surface area contributed by atoms with Crippen molar-refractivity contribution in [3.8, 4) is 5.88 Å². The highest BCUT2D eigenvalue weighted by Crippen LogP contribution is 2.19. The van der Waals surface area contributed by atoms with Crippen molar-refractivity contribution in [1.29, 1.82) is 0 Å². The number of carbonyl (C=O) groups excluding carboxylic acids is 2. The smallest absolute Gasteiger partial charge is 0.344 e. The van der Waals surface area contributed by atoms with Crippen LogP contribution in [-0.2, 0) is 4.74 Å². The zero-order chi connectivity index (χ0) is 13.1. The van der Waals surface area contributed by atoms with Crippen LogP contribution in [0.15, 0.2) is 12.3 Å². The number of carbonyl (C=O) groups is 2. The zero-order valence-corrected chi connectivity index (χ0v) is 10.3. The van der Waals surface area contributed by atoms with Gasteiger partial charge in [-0.3, -0.25) is 4.79 Å². The van der Waals surface area contributed by atoms with E-state index in [2.05, 4.69) is 4.98 Å². The number of hydrogen-bond donors (Lipinski definition) is 0. The van der Waals surface area contributed by atoms with E-state index in [4.69, 9.17) is 9.47 Å². The molecule has 0 aromatic carbocycles. The van der Waals surface area contributed by atoms with E-state index in [0.29, 0.717) is 11.8 Å². The lowest BCUT2D eigenvalue weighted by Crippen LogP contribution is -2.24. The Morgan fingerprint density at radius 1 is 1.41 bits per heavy atom. The second-order valence-electron chi connectivity index (χ2n) is 4.45. The summed E-state index contributed by atoms with van der Waals surface area (Å²) < 4.78 is 10.1. The van der Waals surface area contributed by atoms with E-state index < -0.39 is 11.6 Å². The van der Waals surface area contributed by atoms with E-state index in [9.17, 15) is 9.59 Å². The van der Waals surface area contributed by atoms with E-state index in [1.54, 1.807) is 20.8 Å². The molecule has 0 bridgehead atoms. The molecule has 0 unspecified atom stereocenters. The molecule has 1 rings (SSSR count). The quantitative estimate of drug-likeness (QED) is 0.593. The fraction of sp³-hybridized carbons (Fsp3) is 0.417. The van der Waals surface area contributed by atoms with Crippen LogP contribution in [0.25, 0.3) is 0 Å². The Morgan fingerprint density at radius 2 is 2.06 bits per heavy atom. The topological polar surface area (TPSA) is 65.5 Å². The standard InChI is InChI=1S/C12H15NO4/c1-12(2,3)17-11(15)9-5-8(7-14)6-13-10(9)16-4/h5-7H,1-4H3. The largest absolute Gasteiger partial charge is 0.480 e. The molecule has 17 heavy (non-hydrogen) atoms. The third-order valence-corrected chi connectivity index (χ3v) is 1.82. The summed E-state index contributed by atoms with van der Waals surface area (Å²) in [5, 5.41) is 0. The van der Waals surface area contributed by atoms with E-state index in [-0.39, 0.29) is 11.4 Å². The summed E-state index contributed by atoms with van der Waals surface area (Å²) in [5.41, 5.74) is -0.169. The first kappa shape index (κ1) is 13.2. The molecule has 1 aromatic heterocycles. The number of nitrogens with zero attached hydrogens (tertiary/aromatic N) is 1. The number of esters is 1. The van der Waals surface area contributed by atoms with Gasteiger partial charge in [-0.2, -0.15) is 0 Å². The molecule has 5 heteroatoms. The monoisotopic (exact) mass is 237 g/mol. The maximum Gasteiger partial charge on any atom is 0.344 e. The van der Waals surface area contributed by atoms with Crippen LogP contribution in [0, 0.1) is 0 Å². The van der Waals surface area contributed by atoms with Gasteiger partial charge in [-0.15, -0.1) is 0 Å². The first-order chi connectivity index (χ1) is 7.87. The van der Waals surface area contributed by atoms with Gasteiger partial charge in [0.1, 0.15) is 11.2 Å². The van der Waals surface area contributed by atoms with Gasteiger partial charge >= 0.3 is 5.97 Å². The third kappa shape index (κ3) is 3.55. The van der Waals surface area contributed by atoms with Crippen LogP contribution < -0.4 is 4.74 Å². The van der Waals surface area contributed by atoms with Gasteiger partial charge in [-0.05, 0) is 26.8 Å². The highest BCUT2D eigenvalue weighted by atomic mass is 16.6. The van der Waals surface area contributed by atoms with Crippen LogP contribution in [0.2, 0.25) is 0 Å². The van der Waals surface area contributed by atoms with Gasteiger partial charge in [0.05, 0.1) is 7.11 Å². The molecule has 92 valence electrons. The molecule has 1 heterocycles. The molecule has 0 N–H and O–H groups in total. The number of ether oxygens (including phenoxy) is 2. The fourth-order valence-electron chi connectivity index (χ4n) is 1.17. The van der Waals surface area contributed by atoms with E-state index in [1.165, 1.54) is 19.4 Å². The molecule has 0 saturated heterocycles. The Bertz CT molecular complexity index is 435. The summed E-state index contributed by atoms with van der Waals surface area (Å²) >= 11 is 0. The van der Waals surface area contributed by atoms with Crippen molar-refractivity contribution in [3.63, 3.8) is 0 Å². The van der Waals surface area contributed by atoms with Crippen molar-refractivity contribution in [2.24, 2.45) is 0 Å². The molecule has 5 nitrogen and oxygen atoms in total. The van der Waals surface area contributed by atoms with Crippen molar-refractivity contribution >= 4 is 12.3 Å². The van der Waals surface area contributed by atoms with Crippen molar-refractivity contribution in [2.75, 3.05) is 7.11 Å². The van der Waals surface area contributed by atoms with Crippen molar-refractivity contribution in [3.05, 3.63) is 23.4 Å². The van der Waals surface area contributed by atoms with Crippen molar-refractivity contribution in [2.45, 2.75) is 26.4 Å². The Morgan fingerprint density at radius 3 is 2.53 bits per heavy atom. The molecule has 0 aliphatic rings. The predicted molar refractivity (Wildman–Crippen MR) is 61.3 cm³/mol. The molecule has 0 saturated carbocycles. The molecule has 1 aromatic rings. The maximum absolute atomic E-state index is 11.9. The number of pyridine rings is 1. The van der Waals surface area contributed by atoms with Gasteiger partial charge in [-0.25, -0.2) is 9.78 Å². The highest BCUT2D eigenvalue weighted by molar-refractivity contribution is 5.94. The Labute approximate surface area is 99.8 Å². The first-order valence-corrected chi connectivity index (χ1v) is 5.10. The molecular formula is C12H15NO4. The molecule has 0 radical (unpaired) electrons. The summed E-state index contributed by atoms with van der Waals surface area (Å²) in [5.74, 6) is -0.421. The van der Waals surface area contributed by atoms with E-state index in [0.717, 1.165) is 0 Å². The highest BCUT2D eigenvalue weighted by Gasteiger charge is 2.22. The summed E-state index contributed by atoms with van der Waals surface area (Å²) in [7, 11) is 1.40. The summed E-state index contributed by atoms with van der Waals surface area (Å²) in [6, 6.07) is 1.40. The summed E-state index contributed by atoms with van der Waals surface area (Å²) in [4.78, 5) is 26.3. The second-order valence-corrected chi connectivity index (χ2v) is 4.45. The van der Waals surface area contributed by atoms with Gasteiger partial charge in [0, 0.05) is 11.8 Å². The SMILES string of the molecule is COc1ncc(C=O)cc1C(=O)OC(C)(C)C. The van der Waals surface area contributed by atoms with Gasteiger partial charge < -0.3 is 9.47 Å². The van der Waals surface area contributed by atoms with Crippen molar-refractivity contribution in [1.82, 2.24) is 4.98 Å². The minimum atomic E-state index is -0.612. The van der Waals surface area contributed by atoms with Crippen LogP contribution >= 0.6 is 0 Å². The molecule has 0 aliphatic carbocycles. The maximum atomic E-state index is 11.9. The van der Waals surface area contributed by atoms with Gasteiger partial charge in [0.15, 0.2) is 6.29 Å². The lowest BCUT2D eigenvalue weighted by atomic mass is 10.1. The molecule has 0 atom stereocenters. The Kier molecular flexibility index (Phi) is 3.83. The normalized spacial score (nSPS) is 10.8. The summed E-state index contributed by atoms with van der Waals surface area (Å²) in [6.07, 6.45) is 1.94. The predicted octanol–water partition coefficient (Wildman–Crippen LogP) is 1.86. The lowest BCUT2D eigenvalue weighted by molar-refractivity contribution is 0.00657. The number of rotatable bonds is 3. The van der Waals surface area contributed by atoms with Crippen LogP contribution in [-0.4, -0.2) is 30.0 Å². The summed E-state index contributed by atoms with van der Waals surface area (Å²) in [6.45, 7) is 5.27. The Hall–Kier alpha value is -1.91. The number of aldehydes is 1. The second kappa shape index (κ2) is 4.95. The first-order valence-electron chi connectivity index (χ1n) is 5.10.